The summed E-state index contributed by atoms with van der Waals surface area (Å²) >= 11 is 0. The number of carboxylic acid groups (broad SMARTS) is 1. The number of benzene rings is 1. The topological polar surface area (TPSA) is 68.2 Å². The van der Waals surface area contributed by atoms with E-state index < -0.39 is 5.97 Å². The zero-order chi connectivity index (χ0) is 13.7. The van der Waals surface area contributed by atoms with Crippen LogP contribution < -0.4 is 5.73 Å². The Morgan fingerprint density at radius 3 is 2.68 bits per heavy atom. The molecule has 0 atom stereocenters. The number of nitrogens with two attached hydrogens (primary N) is 1. The summed E-state index contributed by atoms with van der Waals surface area (Å²) in [6.45, 7) is 1.69. The van der Waals surface area contributed by atoms with Gasteiger partial charge in [-0.25, -0.2) is 4.79 Å². The number of hydrogen-bond acceptors (Lipinski definition) is 2. The Bertz CT molecular complexity index is 560. The smallest absolute Gasteiger partial charge is 0.336 e. The SMILES string of the molecule is NCCCCCCn1ccc2c(C(=O)O)cccc21. The summed E-state index contributed by atoms with van der Waals surface area (Å²) in [4.78, 5) is 11.1. The van der Waals surface area contributed by atoms with Gasteiger partial charge in [-0.15, -0.1) is 0 Å². The van der Waals surface area contributed by atoms with E-state index in [0.717, 1.165) is 49.7 Å². The van der Waals surface area contributed by atoms with E-state index in [0.29, 0.717) is 5.56 Å². The standard InChI is InChI=1S/C15H20N2O2/c16-9-3-1-2-4-10-17-11-8-12-13(15(18)19)6-5-7-14(12)17/h5-8,11H,1-4,9-10,16H2,(H,18,19). The van der Waals surface area contributed by atoms with Gasteiger partial charge in [0, 0.05) is 23.6 Å². The van der Waals surface area contributed by atoms with Crippen molar-refractivity contribution in [3.05, 3.63) is 36.0 Å². The largest absolute Gasteiger partial charge is 0.478 e. The lowest BCUT2D eigenvalue weighted by Crippen LogP contribution is -2.00. The highest BCUT2D eigenvalue weighted by atomic mass is 16.4. The van der Waals surface area contributed by atoms with Crippen molar-refractivity contribution in [1.29, 1.82) is 0 Å². The van der Waals surface area contributed by atoms with Gasteiger partial charge >= 0.3 is 5.97 Å². The maximum Gasteiger partial charge on any atom is 0.336 e. The first-order chi connectivity index (χ1) is 9.24. The zero-order valence-electron chi connectivity index (χ0n) is 11.0. The van der Waals surface area contributed by atoms with E-state index in [-0.39, 0.29) is 0 Å². The second-order valence-corrected chi connectivity index (χ2v) is 4.76. The molecule has 4 nitrogen and oxygen atoms in total. The van der Waals surface area contributed by atoms with Gasteiger partial charge in [-0.2, -0.15) is 0 Å². The number of carboxylic acids is 1. The molecule has 19 heavy (non-hydrogen) atoms. The summed E-state index contributed by atoms with van der Waals surface area (Å²) in [6.07, 6.45) is 6.47. The van der Waals surface area contributed by atoms with Gasteiger partial charge < -0.3 is 15.4 Å². The van der Waals surface area contributed by atoms with E-state index in [1.807, 2.05) is 18.3 Å². The maximum absolute atomic E-state index is 11.1. The molecule has 2 rings (SSSR count). The van der Waals surface area contributed by atoms with Crippen molar-refractivity contribution in [2.24, 2.45) is 5.73 Å². The Labute approximate surface area is 112 Å². The van der Waals surface area contributed by atoms with Gasteiger partial charge in [-0.05, 0) is 37.6 Å². The fraction of sp³-hybridized carbons (Fsp3) is 0.400. The fourth-order valence-electron chi connectivity index (χ4n) is 2.38. The van der Waals surface area contributed by atoms with E-state index in [1.54, 1.807) is 12.1 Å². The molecule has 1 aromatic carbocycles. The molecular weight excluding hydrogens is 240 g/mol. The van der Waals surface area contributed by atoms with Gasteiger partial charge in [-0.3, -0.25) is 0 Å². The van der Waals surface area contributed by atoms with Crippen molar-refractivity contribution in [1.82, 2.24) is 4.57 Å². The summed E-state index contributed by atoms with van der Waals surface area (Å²) in [6, 6.07) is 7.31. The second-order valence-electron chi connectivity index (χ2n) is 4.76. The van der Waals surface area contributed by atoms with Crippen LogP contribution in [0.2, 0.25) is 0 Å². The Balaban J connectivity index is 2.08. The number of fused-ring (bicyclic) bond motifs is 1. The van der Waals surface area contributed by atoms with E-state index in [4.69, 9.17) is 10.8 Å². The molecule has 0 aliphatic heterocycles. The van der Waals surface area contributed by atoms with E-state index in [2.05, 4.69) is 4.57 Å². The molecule has 0 aliphatic carbocycles. The lowest BCUT2D eigenvalue weighted by atomic mass is 10.1. The number of rotatable bonds is 7. The Morgan fingerprint density at radius 2 is 1.95 bits per heavy atom. The molecule has 0 bridgehead atoms. The summed E-state index contributed by atoms with van der Waals surface area (Å²) in [5, 5.41) is 9.96. The molecule has 0 fully saturated rings. The van der Waals surface area contributed by atoms with Crippen molar-refractivity contribution >= 4 is 16.9 Å². The van der Waals surface area contributed by atoms with Gasteiger partial charge in [0.1, 0.15) is 0 Å². The highest BCUT2D eigenvalue weighted by Gasteiger charge is 2.10. The number of nitrogens with zero attached hydrogens (tertiary/aromatic N) is 1. The van der Waals surface area contributed by atoms with Crippen molar-refractivity contribution in [2.75, 3.05) is 6.54 Å². The quantitative estimate of drug-likeness (QED) is 0.752. The van der Waals surface area contributed by atoms with Gasteiger partial charge in [0.2, 0.25) is 0 Å². The van der Waals surface area contributed by atoms with Crippen LogP contribution in [0.5, 0.6) is 0 Å². The third kappa shape index (κ3) is 3.15. The first-order valence-corrected chi connectivity index (χ1v) is 6.75. The van der Waals surface area contributed by atoms with Crippen LogP contribution in [0.25, 0.3) is 10.9 Å². The zero-order valence-corrected chi connectivity index (χ0v) is 11.0. The average molecular weight is 260 g/mol. The molecule has 102 valence electrons. The number of unbranched alkanes of at least 4 members (excludes halogenated alkanes) is 3. The first-order valence-electron chi connectivity index (χ1n) is 6.75. The molecule has 0 amide bonds. The summed E-state index contributed by atoms with van der Waals surface area (Å²) in [7, 11) is 0. The monoisotopic (exact) mass is 260 g/mol. The third-order valence-electron chi connectivity index (χ3n) is 3.40. The highest BCUT2D eigenvalue weighted by Crippen LogP contribution is 2.21. The van der Waals surface area contributed by atoms with Crippen molar-refractivity contribution < 1.29 is 9.90 Å². The molecule has 1 heterocycles. The second kappa shape index (κ2) is 6.38. The van der Waals surface area contributed by atoms with Crippen LogP contribution in [-0.2, 0) is 6.54 Å². The Kier molecular flexibility index (Phi) is 4.58. The molecule has 2 aromatic rings. The van der Waals surface area contributed by atoms with Crippen LogP contribution in [0.4, 0.5) is 0 Å². The predicted molar refractivity (Wildman–Crippen MR) is 76.4 cm³/mol. The fourth-order valence-corrected chi connectivity index (χ4v) is 2.38. The van der Waals surface area contributed by atoms with E-state index >= 15 is 0 Å². The minimum absolute atomic E-state index is 0.374. The number of aromatic carboxylic acids is 1. The van der Waals surface area contributed by atoms with Gasteiger partial charge in [-0.1, -0.05) is 18.9 Å². The summed E-state index contributed by atoms with van der Waals surface area (Å²) in [5.74, 6) is -0.869. The van der Waals surface area contributed by atoms with Crippen LogP contribution in [-0.4, -0.2) is 22.2 Å². The molecule has 0 radical (unpaired) electrons. The number of aromatic nitrogens is 1. The first kappa shape index (κ1) is 13.6. The predicted octanol–water partition coefficient (Wildman–Crippen LogP) is 2.86. The minimum Gasteiger partial charge on any atom is -0.478 e. The lowest BCUT2D eigenvalue weighted by molar-refractivity contribution is 0.0699. The summed E-state index contributed by atoms with van der Waals surface area (Å²) < 4.78 is 2.13. The van der Waals surface area contributed by atoms with Crippen LogP contribution in [0.3, 0.4) is 0 Å². The van der Waals surface area contributed by atoms with Crippen molar-refractivity contribution in [2.45, 2.75) is 32.2 Å². The van der Waals surface area contributed by atoms with Gasteiger partial charge in [0.05, 0.1) is 5.56 Å². The number of aryl methyl sites for hydroxylation is 1. The lowest BCUT2D eigenvalue weighted by Gasteiger charge is -2.06. The van der Waals surface area contributed by atoms with Crippen LogP contribution >= 0.6 is 0 Å². The average Bonchev–Trinajstić information content (AvgIpc) is 2.81. The number of carbonyl (C=O) groups is 1. The number of hydrogen-bond donors (Lipinski definition) is 2. The van der Waals surface area contributed by atoms with Crippen LogP contribution in [0.15, 0.2) is 30.5 Å². The Morgan fingerprint density at radius 1 is 1.16 bits per heavy atom. The van der Waals surface area contributed by atoms with Gasteiger partial charge in [0.15, 0.2) is 0 Å². The third-order valence-corrected chi connectivity index (χ3v) is 3.40. The highest BCUT2D eigenvalue weighted by molar-refractivity contribution is 6.02. The van der Waals surface area contributed by atoms with E-state index in [9.17, 15) is 4.79 Å². The molecule has 0 saturated heterocycles. The maximum atomic E-state index is 11.1. The van der Waals surface area contributed by atoms with Crippen LogP contribution in [0, 0.1) is 0 Å². The molecule has 0 spiro atoms. The van der Waals surface area contributed by atoms with Crippen molar-refractivity contribution in [3.8, 4) is 0 Å². The molecule has 1 aromatic heterocycles. The van der Waals surface area contributed by atoms with E-state index in [1.165, 1.54) is 0 Å². The Hall–Kier alpha value is -1.81. The minimum atomic E-state index is -0.869. The van der Waals surface area contributed by atoms with Crippen LogP contribution in [0.1, 0.15) is 36.0 Å². The normalized spacial score (nSPS) is 11.0. The molecule has 3 N–H and O–H groups in total. The molecule has 0 unspecified atom stereocenters. The molecular formula is C15H20N2O2. The molecule has 0 aliphatic rings. The molecule has 4 heteroatoms. The molecule has 0 saturated carbocycles. The van der Waals surface area contributed by atoms with Crippen molar-refractivity contribution in [3.63, 3.8) is 0 Å². The summed E-state index contributed by atoms with van der Waals surface area (Å²) in [5.41, 5.74) is 6.84. The van der Waals surface area contributed by atoms with Gasteiger partial charge in [0.25, 0.3) is 0 Å².